The number of ether oxygens (including phenoxy) is 2. The van der Waals surface area contributed by atoms with E-state index in [1.807, 2.05) is 12.1 Å². The fourth-order valence-corrected chi connectivity index (χ4v) is 2.73. The van der Waals surface area contributed by atoms with Gasteiger partial charge in [0.25, 0.3) is 0 Å². The molecule has 1 aliphatic heterocycles. The van der Waals surface area contributed by atoms with Crippen molar-refractivity contribution in [1.29, 1.82) is 0 Å². The lowest BCUT2D eigenvalue weighted by atomic mass is 10.0. The molecule has 4 heteroatoms. The molecule has 0 aromatic heterocycles. The van der Waals surface area contributed by atoms with Crippen LogP contribution in [0.25, 0.3) is 0 Å². The number of nitrogens with one attached hydrogen (secondary N) is 1. The van der Waals surface area contributed by atoms with E-state index in [4.69, 9.17) is 9.47 Å². The predicted molar refractivity (Wildman–Crippen MR) is 76.0 cm³/mol. The van der Waals surface area contributed by atoms with Crippen LogP contribution in [0, 0.1) is 0 Å². The van der Waals surface area contributed by atoms with Crippen molar-refractivity contribution < 1.29 is 9.47 Å². The minimum atomic E-state index is -0.000746. The molecule has 18 heavy (non-hydrogen) atoms. The van der Waals surface area contributed by atoms with Gasteiger partial charge in [-0.2, -0.15) is 0 Å². The van der Waals surface area contributed by atoms with Gasteiger partial charge in [-0.15, -0.1) is 0 Å². The largest absolute Gasteiger partial charge is 0.496 e. The Morgan fingerprint density at radius 1 is 1.50 bits per heavy atom. The Labute approximate surface area is 117 Å². The first-order valence-electron chi connectivity index (χ1n) is 6.30. The van der Waals surface area contributed by atoms with E-state index in [-0.39, 0.29) is 5.60 Å². The third kappa shape index (κ3) is 3.46. The van der Waals surface area contributed by atoms with Gasteiger partial charge in [-0.05, 0) is 38.0 Å². The Hall–Kier alpha value is -0.580. The second-order valence-electron chi connectivity index (χ2n) is 4.96. The van der Waals surface area contributed by atoms with Crippen molar-refractivity contribution in [3.05, 3.63) is 28.2 Å². The molecule has 1 fully saturated rings. The van der Waals surface area contributed by atoms with Crippen LogP contribution in [0.2, 0.25) is 0 Å². The molecule has 1 saturated heterocycles. The van der Waals surface area contributed by atoms with Crippen molar-refractivity contribution >= 4 is 15.9 Å². The molecule has 1 unspecified atom stereocenters. The molecule has 100 valence electrons. The summed E-state index contributed by atoms with van der Waals surface area (Å²) in [4.78, 5) is 0. The molecule has 0 saturated carbocycles. The highest BCUT2D eigenvalue weighted by Gasteiger charge is 2.29. The van der Waals surface area contributed by atoms with E-state index in [1.54, 1.807) is 7.11 Å². The molecule has 3 nitrogen and oxygen atoms in total. The van der Waals surface area contributed by atoms with Gasteiger partial charge in [-0.25, -0.2) is 0 Å². The van der Waals surface area contributed by atoms with Crippen molar-refractivity contribution in [3.8, 4) is 5.75 Å². The van der Waals surface area contributed by atoms with Gasteiger partial charge in [0, 0.05) is 29.7 Å². The fraction of sp³-hybridized carbons (Fsp3) is 0.571. The first-order valence-corrected chi connectivity index (χ1v) is 7.09. The van der Waals surface area contributed by atoms with Gasteiger partial charge in [0.15, 0.2) is 0 Å². The van der Waals surface area contributed by atoms with Crippen LogP contribution in [-0.2, 0) is 11.3 Å². The SMILES string of the molecule is COc1ccc(Br)cc1CNCC1(C)CCCO1. The van der Waals surface area contributed by atoms with Gasteiger partial charge in [0.1, 0.15) is 5.75 Å². The molecule has 2 rings (SSSR count). The Morgan fingerprint density at radius 2 is 2.33 bits per heavy atom. The van der Waals surface area contributed by atoms with E-state index in [0.717, 1.165) is 41.9 Å². The molecule has 0 aliphatic carbocycles. The Balaban J connectivity index is 1.91. The molecular weight excluding hydrogens is 294 g/mol. The summed E-state index contributed by atoms with van der Waals surface area (Å²) >= 11 is 3.49. The van der Waals surface area contributed by atoms with Gasteiger partial charge in [-0.3, -0.25) is 0 Å². The van der Waals surface area contributed by atoms with Crippen molar-refractivity contribution in [2.45, 2.75) is 31.9 Å². The monoisotopic (exact) mass is 313 g/mol. The maximum Gasteiger partial charge on any atom is 0.123 e. The molecule has 1 aromatic carbocycles. The summed E-state index contributed by atoms with van der Waals surface area (Å²) in [5.41, 5.74) is 1.16. The lowest BCUT2D eigenvalue weighted by molar-refractivity contribution is 0.0206. The van der Waals surface area contributed by atoms with Crippen LogP contribution in [0.4, 0.5) is 0 Å². The number of rotatable bonds is 5. The number of hydrogen-bond acceptors (Lipinski definition) is 3. The first kappa shape index (κ1) is 13.8. The quantitative estimate of drug-likeness (QED) is 0.906. The third-order valence-corrected chi connectivity index (χ3v) is 3.85. The van der Waals surface area contributed by atoms with Crippen LogP contribution in [-0.4, -0.2) is 25.9 Å². The van der Waals surface area contributed by atoms with Crippen LogP contribution >= 0.6 is 15.9 Å². The summed E-state index contributed by atoms with van der Waals surface area (Å²) in [7, 11) is 1.70. The molecule has 1 N–H and O–H groups in total. The smallest absolute Gasteiger partial charge is 0.123 e. The van der Waals surface area contributed by atoms with E-state index >= 15 is 0 Å². The molecule has 0 bridgehead atoms. The topological polar surface area (TPSA) is 30.5 Å². The van der Waals surface area contributed by atoms with Crippen molar-refractivity contribution in [3.63, 3.8) is 0 Å². The van der Waals surface area contributed by atoms with E-state index in [1.165, 1.54) is 6.42 Å². The Kier molecular flexibility index (Phi) is 4.65. The highest BCUT2D eigenvalue weighted by Crippen LogP contribution is 2.25. The predicted octanol–water partition coefficient (Wildman–Crippen LogP) is 3.12. The van der Waals surface area contributed by atoms with Gasteiger partial charge < -0.3 is 14.8 Å². The third-order valence-electron chi connectivity index (χ3n) is 3.36. The van der Waals surface area contributed by atoms with Gasteiger partial charge in [-0.1, -0.05) is 15.9 Å². The molecule has 0 amide bonds. The molecular formula is C14H20BrNO2. The van der Waals surface area contributed by atoms with Crippen molar-refractivity contribution in [2.75, 3.05) is 20.3 Å². The van der Waals surface area contributed by atoms with Gasteiger partial charge in [0.05, 0.1) is 12.7 Å². The van der Waals surface area contributed by atoms with Crippen molar-refractivity contribution in [1.82, 2.24) is 5.32 Å². The lowest BCUT2D eigenvalue weighted by Crippen LogP contribution is -2.36. The van der Waals surface area contributed by atoms with Crippen LogP contribution in [0.3, 0.4) is 0 Å². The fourth-order valence-electron chi connectivity index (χ4n) is 2.32. The first-order chi connectivity index (χ1) is 8.63. The summed E-state index contributed by atoms with van der Waals surface area (Å²) < 4.78 is 12.2. The molecule has 1 atom stereocenters. The summed E-state index contributed by atoms with van der Waals surface area (Å²) in [6.07, 6.45) is 2.30. The molecule has 1 aromatic rings. The zero-order valence-corrected chi connectivity index (χ0v) is 12.5. The molecule has 1 aliphatic rings. The average Bonchev–Trinajstić information content (AvgIpc) is 2.77. The van der Waals surface area contributed by atoms with E-state index in [0.29, 0.717) is 0 Å². The maximum atomic E-state index is 5.76. The maximum absolute atomic E-state index is 5.76. The molecule has 0 radical (unpaired) electrons. The number of hydrogen-bond donors (Lipinski definition) is 1. The normalized spacial score (nSPS) is 23.3. The Bertz CT molecular complexity index is 403. The van der Waals surface area contributed by atoms with Crippen molar-refractivity contribution in [2.24, 2.45) is 0 Å². The van der Waals surface area contributed by atoms with Crippen LogP contribution < -0.4 is 10.1 Å². The molecule has 0 spiro atoms. The summed E-state index contributed by atoms with van der Waals surface area (Å²) in [5.74, 6) is 0.920. The Morgan fingerprint density at radius 3 is 3.00 bits per heavy atom. The highest BCUT2D eigenvalue weighted by atomic mass is 79.9. The summed E-state index contributed by atoms with van der Waals surface area (Å²) in [6, 6.07) is 6.06. The lowest BCUT2D eigenvalue weighted by Gasteiger charge is -2.23. The van der Waals surface area contributed by atoms with E-state index < -0.39 is 0 Å². The minimum absolute atomic E-state index is 0.000746. The van der Waals surface area contributed by atoms with Crippen LogP contribution in [0.15, 0.2) is 22.7 Å². The average molecular weight is 314 g/mol. The van der Waals surface area contributed by atoms with E-state index in [2.05, 4.69) is 34.2 Å². The zero-order valence-electron chi connectivity index (χ0n) is 11.0. The minimum Gasteiger partial charge on any atom is -0.496 e. The standard InChI is InChI=1S/C14H20BrNO2/c1-14(6-3-7-18-14)10-16-9-11-8-12(15)4-5-13(11)17-2/h4-5,8,16H,3,6-7,9-10H2,1-2H3. The van der Waals surface area contributed by atoms with E-state index in [9.17, 15) is 0 Å². The highest BCUT2D eigenvalue weighted by molar-refractivity contribution is 9.10. The number of methoxy groups -OCH3 is 1. The summed E-state index contributed by atoms with van der Waals surface area (Å²) in [5, 5.41) is 3.46. The second kappa shape index (κ2) is 6.04. The zero-order chi connectivity index (χ0) is 13.0. The second-order valence-corrected chi connectivity index (χ2v) is 5.88. The summed E-state index contributed by atoms with van der Waals surface area (Å²) in [6.45, 7) is 4.73. The van der Waals surface area contributed by atoms with Gasteiger partial charge in [0.2, 0.25) is 0 Å². The number of benzene rings is 1. The molecule has 1 heterocycles. The number of halogens is 1. The van der Waals surface area contributed by atoms with Gasteiger partial charge >= 0.3 is 0 Å². The van der Waals surface area contributed by atoms with Crippen LogP contribution in [0.5, 0.6) is 5.75 Å². The van der Waals surface area contributed by atoms with Crippen LogP contribution in [0.1, 0.15) is 25.3 Å².